The Balaban J connectivity index is 1.85. The van der Waals surface area contributed by atoms with Crippen molar-refractivity contribution in [3.63, 3.8) is 0 Å². The van der Waals surface area contributed by atoms with Gasteiger partial charge in [0.15, 0.2) is 0 Å². The fraction of sp³-hybridized carbons (Fsp3) is 0.250. The van der Waals surface area contributed by atoms with Crippen LogP contribution < -0.4 is 4.74 Å². The summed E-state index contributed by atoms with van der Waals surface area (Å²) in [4.78, 5) is 4.15. The van der Waals surface area contributed by atoms with Crippen molar-refractivity contribution in [1.82, 2.24) is 4.98 Å². The average molecular weight is 235 g/mol. The Morgan fingerprint density at radius 1 is 1.31 bits per heavy atom. The van der Waals surface area contributed by atoms with E-state index in [0.29, 0.717) is 13.2 Å². The second-order valence-electron chi connectivity index (χ2n) is 3.32. The number of hydrogen-bond donors (Lipinski definition) is 0. The largest absolute Gasteiger partial charge is 0.497 e. The molecule has 16 heavy (non-hydrogen) atoms. The van der Waals surface area contributed by atoms with Crippen LogP contribution in [-0.4, -0.2) is 12.1 Å². The third-order valence-electron chi connectivity index (χ3n) is 2.14. The second-order valence-corrected chi connectivity index (χ2v) is 4.04. The minimum absolute atomic E-state index is 0.556. The number of benzene rings is 1. The molecule has 0 unspecified atom stereocenters. The fourth-order valence-electron chi connectivity index (χ4n) is 1.34. The van der Waals surface area contributed by atoms with Crippen molar-refractivity contribution in [2.75, 3.05) is 7.11 Å². The van der Waals surface area contributed by atoms with E-state index in [4.69, 9.17) is 9.47 Å². The Morgan fingerprint density at radius 2 is 2.25 bits per heavy atom. The average Bonchev–Trinajstić information content (AvgIpc) is 2.82. The number of aromatic nitrogens is 1. The van der Waals surface area contributed by atoms with Crippen LogP contribution in [0.5, 0.6) is 5.75 Å². The van der Waals surface area contributed by atoms with Gasteiger partial charge in [-0.25, -0.2) is 4.98 Å². The van der Waals surface area contributed by atoms with E-state index in [1.54, 1.807) is 18.4 Å². The van der Waals surface area contributed by atoms with Crippen LogP contribution in [0, 0.1) is 0 Å². The molecule has 84 valence electrons. The molecule has 0 aliphatic carbocycles. The predicted molar refractivity (Wildman–Crippen MR) is 63.6 cm³/mol. The summed E-state index contributed by atoms with van der Waals surface area (Å²) >= 11 is 1.58. The third-order valence-corrected chi connectivity index (χ3v) is 2.77. The molecule has 0 radical (unpaired) electrons. The van der Waals surface area contributed by atoms with Gasteiger partial charge in [-0.1, -0.05) is 12.1 Å². The van der Waals surface area contributed by atoms with E-state index in [9.17, 15) is 0 Å². The molecule has 0 N–H and O–H groups in total. The molecule has 1 aromatic carbocycles. The summed E-state index contributed by atoms with van der Waals surface area (Å²) in [5.41, 5.74) is 3.90. The van der Waals surface area contributed by atoms with E-state index in [1.165, 1.54) is 0 Å². The van der Waals surface area contributed by atoms with E-state index >= 15 is 0 Å². The molecule has 2 aromatic rings. The van der Waals surface area contributed by atoms with Crippen LogP contribution in [0.2, 0.25) is 0 Å². The topological polar surface area (TPSA) is 31.4 Å². The highest BCUT2D eigenvalue weighted by Gasteiger charge is 1.98. The summed E-state index contributed by atoms with van der Waals surface area (Å²) in [5.74, 6) is 0.856. The quantitative estimate of drug-likeness (QED) is 0.798. The van der Waals surface area contributed by atoms with E-state index in [2.05, 4.69) is 4.98 Å². The maximum absolute atomic E-state index is 5.55. The number of nitrogens with zero attached hydrogens (tertiary/aromatic N) is 1. The van der Waals surface area contributed by atoms with Crippen molar-refractivity contribution in [2.45, 2.75) is 13.2 Å². The lowest BCUT2D eigenvalue weighted by Gasteiger charge is -2.04. The Bertz CT molecular complexity index is 428. The number of methoxy groups -OCH3 is 1. The zero-order chi connectivity index (χ0) is 11.2. The van der Waals surface area contributed by atoms with E-state index < -0.39 is 0 Å². The van der Waals surface area contributed by atoms with E-state index in [-0.39, 0.29) is 0 Å². The molecule has 2 rings (SSSR count). The molecule has 0 fully saturated rings. The highest BCUT2D eigenvalue weighted by molar-refractivity contribution is 7.07. The Labute approximate surface area is 98.7 Å². The van der Waals surface area contributed by atoms with Crippen molar-refractivity contribution in [1.29, 1.82) is 0 Å². The van der Waals surface area contributed by atoms with Crippen LogP contribution in [0.25, 0.3) is 0 Å². The molecule has 0 saturated heterocycles. The molecule has 0 amide bonds. The summed E-state index contributed by atoms with van der Waals surface area (Å²) in [6.07, 6.45) is 0. The van der Waals surface area contributed by atoms with Gasteiger partial charge in [0, 0.05) is 5.38 Å². The molecule has 1 aromatic heterocycles. The summed E-state index contributed by atoms with van der Waals surface area (Å²) in [6.45, 7) is 1.13. The SMILES string of the molecule is COc1cccc(COCc2cscn2)c1. The molecule has 0 aliphatic rings. The van der Waals surface area contributed by atoms with Gasteiger partial charge in [0.1, 0.15) is 5.75 Å². The second kappa shape index (κ2) is 5.63. The van der Waals surface area contributed by atoms with Gasteiger partial charge in [-0.05, 0) is 17.7 Å². The first-order valence-corrected chi connectivity index (χ1v) is 5.90. The van der Waals surface area contributed by atoms with Crippen LogP contribution in [0.4, 0.5) is 0 Å². The lowest BCUT2D eigenvalue weighted by atomic mass is 10.2. The molecule has 0 atom stereocenters. The van der Waals surface area contributed by atoms with Gasteiger partial charge in [0.25, 0.3) is 0 Å². The lowest BCUT2D eigenvalue weighted by molar-refractivity contribution is 0.105. The monoisotopic (exact) mass is 235 g/mol. The number of hydrogen-bond acceptors (Lipinski definition) is 4. The molecule has 0 saturated carbocycles. The molecule has 0 bridgehead atoms. The van der Waals surface area contributed by atoms with Crippen molar-refractivity contribution >= 4 is 11.3 Å². The fourth-order valence-corrected chi connectivity index (χ4v) is 1.89. The zero-order valence-electron chi connectivity index (χ0n) is 9.05. The van der Waals surface area contributed by atoms with E-state index in [0.717, 1.165) is 17.0 Å². The lowest BCUT2D eigenvalue weighted by Crippen LogP contribution is -1.94. The molecular weight excluding hydrogens is 222 g/mol. The van der Waals surface area contributed by atoms with Gasteiger partial charge in [0.05, 0.1) is 31.5 Å². The predicted octanol–water partition coefficient (Wildman–Crippen LogP) is 2.87. The first-order valence-electron chi connectivity index (χ1n) is 4.96. The normalized spacial score (nSPS) is 10.3. The van der Waals surface area contributed by atoms with Crippen molar-refractivity contribution in [3.8, 4) is 5.75 Å². The van der Waals surface area contributed by atoms with Crippen LogP contribution in [-0.2, 0) is 18.0 Å². The van der Waals surface area contributed by atoms with Crippen molar-refractivity contribution in [3.05, 3.63) is 46.4 Å². The third kappa shape index (κ3) is 3.05. The summed E-state index contributed by atoms with van der Waals surface area (Å²) < 4.78 is 10.7. The first kappa shape index (κ1) is 11.1. The first-order chi connectivity index (χ1) is 7.88. The number of rotatable bonds is 5. The Morgan fingerprint density at radius 3 is 3.00 bits per heavy atom. The van der Waals surface area contributed by atoms with Crippen LogP contribution in [0.3, 0.4) is 0 Å². The Hall–Kier alpha value is -1.39. The standard InChI is InChI=1S/C12H13NO2S/c1-14-12-4-2-3-10(5-12)6-15-7-11-8-16-9-13-11/h2-5,8-9H,6-7H2,1H3. The molecule has 0 spiro atoms. The minimum atomic E-state index is 0.556. The maximum atomic E-state index is 5.55. The highest BCUT2D eigenvalue weighted by Crippen LogP contribution is 2.13. The molecule has 1 heterocycles. The van der Waals surface area contributed by atoms with Gasteiger partial charge in [-0.3, -0.25) is 0 Å². The number of ether oxygens (including phenoxy) is 2. The van der Waals surface area contributed by atoms with Crippen LogP contribution in [0.1, 0.15) is 11.3 Å². The van der Waals surface area contributed by atoms with Gasteiger partial charge >= 0.3 is 0 Å². The van der Waals surface area contributed by atoms with Crippen molar-refractivity contribution in [2.24, 2.45) is 0 Å². The molecular formula is C12H13NO2S. The zero-order valence-corrected chi connectivity index (χ0v) is 9.87. The smallest absolute Gasteiger partial charge is 0.119 e. The highest BCUT2D eigenvalue weighted by atomic mass is 32.1. The summed E-state index contributed by atoms with van der Waals surface area (Å²) in [6, 6.07) is 7.87. The maximum Gasteiger partial charge on any atom is 0.119 e. The van der Waals surface area contributed by atoms with Gasteiger partial charge in [-0.15, -0.1) is 11.3 Å². The van der Waals surface area contributed by atoms with Gasteiger partial charge in [-0.2, -0.15) is 0 Å². The number of thiazole rings is 1. The van der Waals surface area contributed by atoms with Crippen molar-refractivity contribution < 1.29 is 9.47 Å². The van der Waals surface area contributed by atoms with Crippen LogP contribution >= 0.6 is 11.3 Å². The molecule has 3 nitrogen and oxygen atoms in total. The summed E-state index contributed by atoms with van der Waals surface area (Å²) in [7, 11) is 1.66. The van der Waals surface area contributed by atoms with Crippen LogP contribution in [0.15, 0.2) is 35.2 Å². The van der Waals surface area contributed by atoms with Gasteiger partial charge < -0.3 is 9.47 Å². The van der Waals surface area contributed by atoms with Gasteiger partial charge in [0.2, 0.25) is 0 Å². The van der Waals surface area contributed by atoms with E-state index in [1.807, 2.05) is 35.2 Å². The molecule has 4 heteroatoms. The minimum Gasteiger partial charge on any atom is -0.497 e. The summed E-state index contributed by atoms with van der Waals surface area (Å²) in [5, 5.41) is 1.99. The Kier molecular flexibility index (Phi) is 3.91. The molecule has 0 aliphatic heterocycles.